The van der Waals surface area contributed by atoms with Crippen molar-refractivity contribution in [3.8, 4) is 0 Å². The molecule has 1 radical (unpaired) electrons. The fourth-order valence-corrected chi connectivity index (χ4v) is 1.37. The molecule has 2 rings (SSSR count). The first-order valence-corrected chi connectivity index (χ1v) is 3.65. The molecular formula is C9H8NOY-. The van der Waals surface area contributed by atoms with E-state index in [-0.39, 0.29) is 32.7 Å². The van der Waals surface area contributed by atoms with Gasteiger partial charge in [0.15, 0.2) is 0 Å². The van der Waals surface area contributed by atoms with Gasteiger partial charge in [-0.15, -0.1) is 0 Å². The summed E-state index contributed by atoms with van der Waals surface area (Å²) in [5, 5.41) is 3.22. The molecule has 2 nitrogen and oxygen atoms in total. The summed E-state index contributed by atoms with van der Waals surface area (Å²) < 4.78 is 0. The summed E-state index contributed by atoms with van der Waals surface area (Å²) >= 11 is 0. The number of hydrogen-bond acceptors (Lipinski definition) is 2. The predicted molar refractivity (Wildman–Crippen MR) is 43.4 cm³/mol. The fraction of sp³-hybridized carbons (Fsp3) is 0.222. The Morgan fingerprint density at radius 3 is 3.00 bits per heavy atom. The van der Waals surface area contributed by atoms with Gasteiger partial charge in [-0.2, -0.15) is 17.7 Å². The first kappa shape index (κ1) is 9.88. The summed E-state index contributed by atoms with van der Waals surface area (Å²) in [5.74, 6) is 0. The maximum Gasteiger partial charge on any atom is 0.0627 e. The molecule has 3 heteroatoms. The van der Waals surface area contributed by atoms with E-state index in [9.17, 15) is 4.79 Å². The molecule has 1 aliphatic heterocycles. The molecule has 0 bridgehead atoms. The Morgan fingerprint density at radius 2 is 2.25 bits per heavy atom. The van der Waals surface area contributed by atoms with E-state index in [2.05, 4.69) is 5.32 Å². The van der Waals surface area contributed by atoms with E-state index in [0.717, 1.165) is 18.7 Å². The summed E-state index contributed by atoms with van der Waals surface area (Å²) in [6.45, 7) is 0.984. The summed E-state index contributed by atoms with van der Waals surface area (Å²) in [7, 11) is 0. The van der Waals surface area contributed by atoms with Crippen LogP contribution in [0.2, 0.25) is 0 Å². The van der Waals surface area contributed by atoms with Crippen LogP contribution < -0.4 is 5.32 Å². The molecule has 0 unspecified atom stereocenters. The second-order valence-corrected chi connectivity index (χ2v) is 2.65. The Bertz CT molecular complexity index is 299. The summed E-state index contributed by atoms with van der Waals surface area (Å²) in [4.78, 5) is 10.3. The molecule has 12 heavy (non-hydrogen) atoms. The number of rotatable bonds is 1. The number of nitrogens with one attached hydrogen (secondary N) is 1. The Kier molecular flexibility index (Phi) is 3.42. The molecule has 1 aromatic carbocycles. The SMILES string of the molecule is O=[C-]c1ccc2c(c1)CCN2.[Y]. The van der Waals surface area contributed by atoms with Crippen molar-refractivity contribution < 1.29 is 37.5 Å². The first-order chi connectivity index (χ1) is 5.40. The van der Waals surface area contributed by atoms with Crippen molar-refractivity contribution in [1.82, 2.24) is 0 Å². The van der Waals surface area contributed by atoms with E-state index >= 15 is 0 Å². The summed E-state index contributed by atoms with van der Waals surface area (Å²) in [5.41, 5.74) is 3.03. The van der Waals surface area contributed by atoms with Crippen LogP contribution in [0.15, 0.2) is 18.2 Å². The van der Waals surface area contributed by atoms with E-state index in [4.69, 9.17) is 0 Å². The van der Waals surface area contributed by atoms with Gasteiger partial charge in [0.2, 0.25) is 0 Å². The standard InChI is InChI=1S/C9H8NO.Y/c11-6-7-1-2-9-8(5-7)3-4-10-9;/h1-2,5,10H,3-4H2;/q-1;. The van der Waals surface area contributed by atoms with Gasteiger partial charge in [0.05, 0.1) is 6.29 Å². The Labute approximate surface area is 96.6 Å². The minimum absolute atomic E-state index is 0. The van der Waals surface area contributed by atoms with Crippen molar-refractivity contribution in [3.63, 3.8) is 0 Å². The third kappa shape index (κ3) is 1.75. The van der Waals surface area contributed by atoms with Crippen molar-refractivity contribution in [2.45, 2.75) is 6.42 Å². The van der Waals surface area contributed by atoms with E-state index < -0.39 is 0 Å². The van der Waals surface area contributed by atoms with Gasteiger partial charge in [0.1, 0.15) is 0 Å². The second-order valence-electron chi connectivity index (χ2n) is 2.65. The minimum Gasteiger partial charge on any atom is -0.386 e. The van der Waals surface area contributed by atoms with Gasteiger partial charge < -0.3 is 10.1 Å². The number of hydrogen-bond donors (Lipinski definition) is 1. The van der Waals surface area contributed by atoms with E-state index in [1.807, 2.05) is 18.4 Å². The number of fused-ring (bicyclic) bond motifs is 1. The molecule has 0 saturated carbocycles. The fourth-order valence-electron chi connectivity index (χ4n) is 1.37. The summed E-state index contributed by atoms with van der Waals surface area (Å²) in [6.07, 6.45) is 2.90. The van der Waals surface area contributed by atoms with Gasteiger partial charge >= 0.3 is 0 Å². The van der Waals surface area contributed by atoms with Crippen molar-refractivity contribution in [1.29, 1.82) is 0 Å². The molecule has 1 N–H and O–H groups in total. The van der Waals surface area contributed by atoms with Crippen molar-refractivity contribution in [3.05, 3.63) is 29.3 Å². The maximum atomic E-state index is 10.3. The molecule has 59 valence electrons. The summed E-state index contributed by atoms with van der Waals surface area (Å²) in [6, 6.07) is 5.61. The quantitative estimate of drug-likeness (QED) is 0.739. The number of benzene rings is 1. The van der Waals surface area contributed by atoms with Crippen molar-refractivity contribution >= 4 is 12.0 Å². The normalized spacial score (nSPS) is 12.7. The van der Waals surface area contributed by atoms with Gasteiger partial charge in [0, 0.05) is 44.9 Å². The van der Waals surface area contributed by atoms with Gasteiger partial charge in [-0.25, -0.2) is 0 Å². The smallest absolute Gasteiger partial charge is 0.0627 e. The average Bonchev–Trinajstić information content (AvgIpc) is 2.50. The molecule has 0 fully saturated rings. The largest absolute Gasteiger partial charge is 0.386 e. The number of anilines is 1. The monoisotopic (exact) mass is 235 g/mol. The van der Waals surface area contributed by atoms with Crippen LogP contribution in [-0.2, 0) is 43.9 Å². The Balaban J connectivity index is 0.000000720. The van der Waals surface area contributed by atoms with Crippen molar-refractivity contribution in [2.75, 3.05) is 11.9 Å². The second kappa shape index (κ2) is 4.15. The number of carbonyl (C=O) groups excluding carboxylic acids is 1. The molecule has 1 heterocycles. The predicted octanol–water partition coefficient (Wildman–Crippen LogP) is 1.11. The van der Waals surface area contributed by atoms with Crippen LogP contribution >= 0.6 is 0 Å². The van der Waals surface area contributed by atoms with Crippen molar-refractivity contribution in [2.24, 2.45) is 0 Å². The molecule has 0 spiro atoms. The van der Waals surface area contributed by atoms with Gasteiger partial charge in [0.25, 0.3) is 0 Å². The molecule has 1 aromatic rings. The zero-order valence-corrected chi connectivity index (χ0v) is 9.47. The van der Waals surface area contributed by atoms with Crippen LogP contribution in [0.1, 0.15) is 11.1 Å². The molecule has 0 amide bonds. The van der Waals surface area contributed by atoms with Crippen LogP contribution in [0.4, 0.5) is 5.69 Å². The van der Waals surface area contributed by atoms with Crippen LogP contribution in [0.3, 0.4) is 0 Å². The third-order valence-corrected chi connectivity index (χ3v) is 1.93. The van der Waals surface area contributed by atoms with Crippen LogP contribution in [0, 0.1) is 0 Å². The minimum atomic E-state index is 0. The van der Waals surface area contributed by atoms with E-state index in [1.165, 1.54) is 5.56 Å². The first-order valence-electron chi connectivity index (χ1n) is 3.65. The molecular weight excluding hydrogens is 227 g/mol. The topological polar surface area (TPSA) is 29.1 Å². The molecule has 0 aromatic heterocycles. The Morgan fingerprint density at radius 1 is 1.42 bits per heavy atom. The van der Waals surface area contributed by atoms with Crippen LogP contribution in [-0.4, -0.2) is 12.8 Å². The zero-order chi connectivity index (χ0) is 7.68. The zero-order valence-electron chi connectivity index (χ0n) is 6.63. The molecule has 1 aliphatic rings. The average molecular weight is 235 g/mol. The maximum absolute atomic E-state index is 10.3. The van der Waals surface area contributed by atoms with E-state index in [0.29, 0.717) is 5.56 Å². The third-order valence-electron chi connectivity index (χ3n) is 1.93. The van der Waals surface area contributed by atoms with E-state index in [1.54, 1.807) is 6.07 Å². The molecule has 0 aliphatic carbocycles. The van der Waals surface area contributed by atoms with Gasteiger partial charge in [-0.1, -0.05) is 11.6 Å². The van der Waals surface area contributed by atoms with Crippen LogP contribution in [0.5, 0.6) is 0 Å². The van der Waals surface area contributed by atoms with Crippen LogP contribution in [0.25, 0.3) is 0 Å². The Hall–Kier alpha value is -0.206. The van der Waals surface area contributed by atoms with Gasteiger partial charge in [-0.3, -0.25) is 0 Å². The molecule has 0 atom stereocenters. The van der Waals surface area contributed by atoms with Gasteiger partial charge in [-0.05, 0) is 6.42 Å². The molecule has 0 saturated heterocycles.